The predicted octanol–water partition coefficient (Wildman–Crippen LogP) is -1.43. The molecule has 0 amide bonds. The summed E-state index contributed by atoms with van der Waals surface area (Å²) in [6.07, 6.45) is 2.82. The molecule has 45 heavy (non-hydrogen) atoms. The molecule has 0 radical (unpaired) electrons. The van der Waals surface area contributed by atoms with Crippen LogP contribution in [0.1, 0.15) is 30.4 Å². The Bertz CT molecular complexity index is 1090. The summed E-state index contributed by atoms with van der Waals surface area (Å²) < 4.78 is 0. The lowest BCUT2D eigenvalue weighted by atomic mass is 10.1. The molecule has 0 saturated carbocycles. The van der Waals surface area contributed by atoms with E-state index in [4.69, 9.17) is 53.6 Å². The molecule has 0 aliphatic rings. The van der Waals surface area contributed by atoms with E-state index in [0.29, 0.717) is 19.4 Å². The van der Waals surface area contributed by atoms with E-state index in [9.17, 15) is 24.0 Å². The molecule has 254 valence electrons. The van der Waals surface area contributed by atoms with Crippen molar-refractivity contribution in [3.8, 4) is 5.75 Å². The molecule has 0 aliphatic carbocycles. The van der Waals surface area contributed by atoms with E-state index in [0.717, 1.165) is 24.0 Å². The zero-order chi connectivity index (χ0) is 35.4. The largest absolute Gasteiger partial charge is 0.508 e. The molecule has 0 unspecified atom stereocenters. The van der Waals surface area contributed by atoms with Crippen LogP contribution < -0.4 is 34.4 Å². The third kappa shape index (κ3) is 30.6. The number of carboxylic acid groups (broad SMARTS) is 5. The number of aliphatic carboxylic acids is 5. The molecule has 0 bridgehead atoms. The van der Waals surface area contributed by atoms with Gasteiger partial charge in [0.05, 0.1) is 13.1 Å². The minimum absolute atomic E-state index is 0.160. The number of carboxylic acids is 5. The molecule has 2 aromatic carbocycles. The lowest BCUT2D eigenvalue weighted by molar-refractivity contribution is -0.139. The highest BCUT2D eigenvalue weighted by Gasteiger charge is 2.12. The third-order valence-electron chi connectivity index (χ3n) is 4.96. The first-order valence-corrected chi connectivity index (χ1v) is 13.3. The molecule has 2 aromatic rings. The first-order valence-electron chi connectivity index (χ1n) is 13.3. The van der Waals surface area contributed by atoms with Gasteiger partial charge in [-0.3, -0.25) is 24.0 Å². The zero-order valence-electron chi connectivity index (χ0n) is 24.8. The molecule has 18 N–H and O–H groups in total. The summed E-state index contributed by atoms with van der Waals surface area (Å²) in [7, 11) is 0. The molecule has 0 heterocycles. The van der Waals surface area contributed by atoms with Gasteiger partial charge in [0, 0.05) is 0 Å². The van der Waals surface area contributed by atoms with Crippen LogP contribution in [0, 0.1) is 0 Å². The van der Waals surface area contributed by atoms with Crippen LogP contribution in [0.25, 0.3) is 0 Å². The summed E-state index contributed by atoms with van der Waals surface area (Å²) in [4.78, 5) is 49.4. The van der Waals surface area contributed by atoms with Crippen LogP contribution in [0.15, 0.2) is 54.6 Å². The monoisotopic (exact) mass is 642 g/mol. The van der Waals surface area contributed by atoms with Crippen molar-refractivity contribution in [3.05, 3.63) is 65.7 Å². The fraction of sp³-hybridized carbons (Fsp3) is 0.393. The number of phenolic OH excluding ortho intramolecular Hbond substituents is 1. The van der Waals surface area contributed by atoms with Crippen LogP contribution in [0.3, 0.4) is 0 Å². The number of hydrogen-bond acceptors (Lipinski definition) is 12. The SMILES string of the molecule is NCC(=O)O.NCC(=O)O.NCCCC[C@H](N)C(=O)O.N[C@@H](Cc1ccc(O)cc1)C(=O)O.N[C@@H](Cc1ccccc1)C(=O)O. The maximum Gasteiger partial charge on any atom is 0.320 e. The summed E-state index contributed by atoms with van der Waals surface area (Å²) in [5.74, 6) is -4.69. The molecular weight excluding hydrogens is 596 g/mol. The highest BCUT2D eigenvalue weighted by atomic mass is 16.4. The maximum atomic E-state index is 10.4. The van der Waals surface area contributed by atoms with E-state index in [1.165, 1.54) is 12.1 Å². The van der Waals surface area contributed by atoms with Crippen molar-refractivity contribution in [1.82, 2.24) is 0 Å². The molecule has 3 atom stereocenters. The predicted molar refractivity (Wildman–Crippen MR) is 165 cm³/mol. The fourth-order valence-electron chi connectivity index (χ4n) is 2.56. The van der Waals surface area contributed by atoms with Crippen molar-refractivity contribution in [3.63, 3.8) is 0 Å². The fourth-order valence-corrected chi connectivity index (χ4v) is 2.56. The van der Waals surface area contributed by atoms with Gasteiger partial charge >= 0.3 is 29.8 Å². The second kappa shape index (κ2) is 28.1. The lowest BCUT2D eigenvalue weighted by Gasteiger charge is -2.05. The third-order valence-corrected chi connectivity index (χ3v) is 4.96. The molecule has 17 heteroatoms. The molecule has 2 rings (SSSR count). The van der Waals surface area contributed by atoms with Gasteiger partial charge in [-0.2, -0.15) is 0 Å². The minimum Gasteiger partial charge on any atom is -0.508 e. The Hall–Kier alpha value is -4.65. The number of unbranched alkanes of at least 4 members (excludes halogenated alkanes) is 1. The van der Waals surface area contributed by atoms with Crippen molar-refractivity contribution >= 4 is 29.8 Å². The Morgan fingerprint density at radius 1 is 0.556 bits per heavy atom. The summed E-state index contributed by atoms with van der Waals surface area (Å²) in [5, 5.41) is 49.5. The summed E-state index contributed by atoms with van der Waals surface area (Å²) >= 11 is 0. The number of carbonyl (C=O) groups is 5. The standard InChI is InChI=1S/C9H11NO3.C9H11NO2.C6H14N2O2.2C2H5NO2/c10-8(9(12)13)5-6-1-3-7(11)4-2-6;10-8(9(11)12)6-7-4-2-1-3-5-7;7-4-2-1-3-5(8)6(9)10;2*3-1-2(4)5/h1-4,8,11H,5,10H2,(H,12,13);1-5,8H,6,10H2,(H,11,12);5H,1-4,7-8H2,(H,9,10);2*1,3H2,(H,4,5)/t2*8-;5-;;/m000../s1. The van der Waals surface area contributed by atoms with Gasteiger partial charge in [0.1, 0.15) is 23.9 Å². The van der Waals surface area contributed by atoms with Crippen molar-refractivity contribution in [1.29, 1.82) is 0 Å². The van der Waals surface area contributed by atoms with Crippen LogP contribution in [0.4, 0.5) is 0 Å². The number of aromatic hydroxyl groups is 1. The van der Waals surface area contributed by atoms with Gasteiger partial charge in [0.2, 0.25) is 0 Å². The van der Waals surface area contributed by atoms with E-state index >= 15 is 0 Å². The van der Waals surface area contributed by atoms with E-state index in [1.54, 1.807) is 12.1 Å². The van der Waals surface area contributed by atoms with Crippen LogP contribution in [-0.4, -0.2) is 98.2 Å². The average molecular weight is 643 g/mol. The van der Waals surface area contributed by atoms with Gasteiger partial charge < -0.3 is 65.0 Å². The molecule has 0 saturated heterocycles. The Morgan fingerprint density at radius 2 is 0.911 bits per heavy atom. The number of rotatable bonds is 13. The minimum atomic E-state index is -1.02. The normalized spacial score (nSPS) is 11.4. The zero-order valence-corrected chi connectivity index (χ0v) is 24.8. The van der Waals surface area contributed by atoms with Crippen molar-refractivity contribution in [2.45, 2.75) is 50.2 Å². The molecular formula is C28H46N6O11. The van der Waals surface area contributed by atoms with E-state index in [-0.39, 0.29) is 25.3 Å². The van der Waals surface area contributed by atoms with E-state index in [1.807, 2.05) is 30.3 Å². The van der Waals surface area contributed by atoms with E-state index < -0.39 is 48.0 Å². The van der Waals surface area contributed by atoms with Gasteiger partial charge in [0.25, 0.3) is 0 Å². The second-order valence-corrected chi connectivity index (χ2v) is 8.87. The highest BCUT2D eigenvalue weighted by Crippen LogP contribution is 2.10. The van der Waals surface area contributed by atoms with Crippen LogP contribution in [0.5, 0.6) is 5.75 Å². The lowest BCUT2D eigenvalue weighted by Crippen LogP contribution is -2.32. The average Bonchev–Trinajstić information content (AvgIpc) is 3.00. The van der Waals surface area contributed by atoms with Gasteiger partial charge in [-0.25, -0.2) is 0 Å². The maximum absolute atomic E-state index is 10.4. The molecule has 0 aromatic heterocycles. The first kappa shape index (κ1) is 44.8. The van der Waals surface area contributed by atoms with E-state index in [2.05, 4.69) is 11.5 Å². The molecule has 17 nitrogen and oxygen atoms in total. The summed E-state index contributed by atoms with van der Waals surface area (Å²) in [6, 6.07) is 13.3. The topological polar surface area (TPSA) is 363 Å². The summed E-state index contributed by atoms with van der Waals surface area (Å²) in [5.41, 5.74) is 32.0. The smallest absolute Gasteiger partial charge is 0.320 e. The second-order valence-electron chi connectivity index (χ2n) is 8.87. The summed E-state index contributed by atoms with van der Waals surface area (Å²) in [6.45, 7) is 0.0480. The Morgan fingerprint density at radius 3 is 1.22 bits per heavy atom. The van der Waals surface area contributed by atoms with Crippen molar-refractivity contribution < 1.29 is 54.6 Å². The van der Waals surface area contributed by atoms with Crippen LogP contribution in [0.2, 0.25) is 0 Å². The molecule has 0 spiro atoms. The molecule has 0 aliphatic heterocycles. The van der Waals surface area contributed by atoms with Gasteiger partial charge in [-0.1, -0.05) is 48.9 Å². The van der Waals surface area contributed by atoms with Gasteiger partial charge in [0.15, 0.2) is 0 Å². The highest BCUT2D eigenvalue weighted by molar-refractivity contribution is 5.74. The first-order chi connectivity index (χ1) is 21.0. The quantitative estimate of drug-likeness (QED) is 0.111. The number of hydrogen-bond donors (Lipinski definition) is 12. The van der Waals surface area contributed by atoms with Crippen molar-refractivity contribution in [2.24, 2.45) is 34.4 Å². The van der Waals surface area contributed by atoms with Crippen molar-refractivity contribution in [2.75, 3.05) is 19.6 Å². The number of nitrogens with two attached hydrogens (primary N) is 6. The van der Waals surface area contributed by atoms with Gasteiger partial charge in [-0.05, 0) is 55.5 Å². The number of phenols is 1. The Balaban J connectivity index is -0.000000515. The Labute approximate surface area is 260 Å². The van der Waals surface area contributed by atoms with Crippen LogP contribution in [-0.2, 0) is 36.8 Å². The van der Waals surface area contributed by atoms with Gasteiger partial charge in [-0.15, -0.1) is 0 Å². The van der Waals surface area contributed by atoms with Crippen LogP contribution >= 0.6 is 0 Å². The molecule has 0 fully saturated rings. The number of benzene rings is 2. The Kier molecular flexibility index (Phi) is 28.0.